The van der Waals surface area contributed by atoms with Crippen LogP contribution >= 0.6 is 0 Å². The van der Waals surface area contributed by atoms with Crippen molar-refractivity contribution >= 4 is 0 Å². The number of nitriles is 1. The largest absolute Gasteiger partial charge is 0.263 e. The number of aromatic amines is 1. The smallest absolute Gasteiger partial charge is 0.154 e. The zero-order valence-electron chi connectivity index (χ0n) is 6.63. The van der Waals surface area contributed by atoms with E-state index in [1.54, 1.807) is 0 Å². The number of hydrogen-bond acceptors (Lipinski definition) is 3. The molecule has 0 aromatic carbocycles. The van der Waals surface area contributed by atoms with Crippen molar-refractivity contribution in [2.75, 3.05) is 0 Å². The zero-order valence-corrected chi connectivity index (χ0v) is 6.63. The van der Waals surface area contributed by atoms with Crippen LogP contribution in [-0.2, 0) is 0 Å². The molecule has 1 N–H and O–H groups in total. The van der Waals surface area contributed by atoms with Gasteiger partial charge in [0.15, 0.2) is 5.82 Å². The first-order chi connectivity index (χ1) is 5.24. The highest BCUT2D eigenvalue weighted by Crippen LogP contribution is 2.12. The maximum absolute atomic E-state index is 8.39. The molecule has 1 atom stereocenters. The Morgan fingerprint density at radius 3 is 2.91 bits per heavy atom. The van der Waals surface area contributed by atoms with Crippen molar-refractivity contribution < 1.29 is 0 Å². The second kappa shape index (κ2) is 3.15. The van der Waals surface area contributed by atoms with Gasteiger partial charge in [0.05, 0.1) is 6.07 Å². The molecule has 0 unspecified atom stereocenters. The van der Waals surface area contributed by atoms with Crippen LogP contribution in [0.4, 0.5) is 0 Å². The predicted molar refractivity (Wildman–Crippen MR) is 39.8 cm³/mol. The van der Waals surface area contributed by atoms with Crippen LogP contribution in [0.5, 0.6) is 0 Å². The van der Waals surface area contributed by atoms with Gasteiger partial charge in [0, 0.05) is 12.3 Å². The van der Waals surface area contributed by atoms with Gasteiger partial charge in [-0.05, 0) is 6.92 Å². The molecule has 0 saturated carbocycles. The fraction of sp³-hybridized carbons (Fsp3) is 0.571. The van der Waals surface area contributed by atoms with Gasteiger partial charge in [0.1, 0.15) is 5.82 Å². The molecule has 1 heterocycles. The molecule has 0 aliphatic carbocycles. The molecule has 0 aliphatic rings. The van der Waals surface area contributed by atoms with Crippen molar-refractivity contribution in [1.29, 1.82) is 5.26 Å². The number of hydrogen-bond donors (Lipinski definition) is 1. The molecular formula is C7H10N4. The van der Waals surface area contributed by atoms with Crippen LogP contribution in [0.3, 0.4) is 0 Å². The minimum absolute atomic E-state index is 0.130. The molecule has 0 amide bonds. The van der Waals surface area contributed by atoms with Gasteiger partial charge in [-0.2, -0.15) is 10.4 Å². The van der Waals surface area contributed by atoms with E-state index in [4.69, 9.17) is 5.26 Å². The second-order valence-corrected chi connectivity index (χ2v) is 2.54. The standard InChI is InChI=1S/C7H10N4/c1-5(3-4-8)7-9-6(2)10-11-7/h5H,3H2,1-2H3,(H,9,10,11)/t5-/m1/s1. The zero-order chi connectivity index (χ0) is 8.27. The first kappa shape index (κ1) is 7.73. The Bertz CT molecular complexity index is 270. The minimum atomic E-state index is 0.130. The van der Waals surface area contributed by atoms with Crippen molar-refractivity contribution in [3.05, 3.63) is 11.6 Å². The van der Waals surface area contributed by atoms with E-state index in [0.717, 1.165) is 11.6 Å². The van der Waals surface area contributed by atoms with Crippen LogP contribution < -0.4 is 0 Å². The van der Waals surface area contributed by atoms with Crippen molar-refractivity contribution in [2.45, 2.75) is 26.2 Å². The molecule has 1 rings (SSSR count). The van der Waals surface area contributed by atoms with E-state index in [9.17, 15) is 0 Å². The van der Waals surface area contributed by atoms with Gasteiger partial charge in [-0.15, -0.1) is 0 Å². The van der Waals surface area contributed by atoms with Crippen LogP contribution in [0.1, 0.15) is 30.9 Å². The fourth-order valence-electron chi connectivity index (χ4n) is 0.809. The van der Waals surface area contributed by atoms with E-state index in [-0.39, 0.29) is 5.92 Å². The molecule has 0 saturated heterocycles. The summed E-state index contributed by atoms with van der Waals surface area (Å²) in [5.41, 5.74) is 0. The summed E-state index contributed by atoms with van der Waals surface area (Å²) in [6, 6.07) is 2.08. The second-order valence-electron chi connectivity index (χ2n) is 2.54. The van der Waals surface area contributed by atoms with Gasteiger partial charge < -0.3 is 0 Å². The minimum Gasteiger partial charge on any atom is -0.263 e. The van der Waals surface area contributed by atoms with Gasteiger partial charge in [0.25, 0.3) is 0 Å². The lowest BCUT2D eigenvalue weighted by molar-refractivity contribution is 0.724. The van der Waals surface area contributed by atoms with Gasteiger partial charge in [-0.25, -0.2) is 4.98 Å². The van der Waals surface area contributed by atoms with Gasteiger partial charge >= 0.3 is 0 Å². The molecule has 0 radical (unpaired) electrons. The predicted octanol–water partition coefficient (Wildman–Crippen LogP) is 1.13. The lowest BCUT2D eigenvalue weighted by Gasteiger charge is -1.97. The topological polar surface area (TPSA) is 65.4 Å². The molecule has 1 aromatic heterocycles. The summed E-state index contributed by atoms with van der Waals surface area (Å²) in [5, 5.41) is 15.1. The SMILES string of the molecule is Cc1nc([C@H](C)CC#N)n[nH]1. The molecule has 58 valence electrons. The van der Waals surface area contributed by atoms with Gasteiger partial charge in [-0.3, -0.25) is 5.10 Å². The van der Waals surface area contributed by atoms with Crippen LogP contribution in [0, 0.1) is 18.3 Å². The molecule has 1 aromatic rings. The van der Waals surface area contributed by atoms with Gasteiger partial charge in [-0.1, -0.05) is 6.92 Å². The Kier molecular flexibility index (Phi) is 2.21. The molecule has 0 bridgehead atoms. The molecule has 0 spiro atoms. The summed E-state index contributed by atoms with van der Waals surface area (Å²) in [7, 11) is 0. The van der Waals surface area contributed by atoms with Crippen LogP contribution in [0.15, 0.2) is 0 Å². The lowest BCUT2D eigenvalue weighted by Crippen LogP contribution is -1.94. The highest BCUT2D eigenvalue weighted by atomic mass is 15.2. The van der Waals surface area contributed by atoms with E-state index in [1.807, 2.05) is 13.8 Å². The highest BCUT2D eigenvalue weighted by Gasteiger charge is 2.08. The van der Waals surface area contributed by atoms with Crippen LogP contribution in [-0.4, -0.2) is 15.2 Å². The third-order valence-corrected chi connectivity index (χ3v) is 1.45. The van der Waals surface area contributed by atoms with Crippen LogP contribution in [0.25, 0.3) is 0 Å². The number of nitrogens with one attached hydrogen (secondary N) is 1. The van der Waals surface area contributed by atoms with Gasteiger partial charge in [0.2, 0.25) is 0 Å². The summed E-state index contributed by atoms with van der Waals surface area (Å²) in [5.74, 6) is 1.65. The summed E-state index contributed by atoms with van der Waals surface area (Å²) in [4.78, 5) is 4.11. The molecule has 0 fully saturated rings. The number of aryl methyl sites for hydroxylation is 1. The maximum Gasteiger partial charge on any atom is 0.154 e. The summed E-state index contributed by atoms with van der Waals surface area (Å²) in [6.07, 6.45) is 0.470. The first-order valence-electron chi connectivity index (χ1n) is 3.50. The summed E-state index contributed by atoms with van der Waals surface area (Å²) in [6.45, 7) is 3.78. The first-order valence-corrected chi connectivity index (χ1v) is 3.50. The Morgan fingerprint density at radius 1 is 1.73 bits per heavy atom. The number of nitrogens with zero attached hydrogens (tertiary/aromatic N) is 3. The van der Waals surface area contributed by atoms with Crippen molar-refractivity contribution in [1.82, 2.24) is 15.2 Å². The van der Waals surface area contributed by atoms with Crippen LogP contribution in [0.2, 0.25) is 0 Å². The lowest BCUT2D eigenvalue weighted by atomic mass is 10.1. The van der Waals surface area contributed by atoms with E-state index in [1.165, 1.54) is 0 Å². The Hall–Kier alpha value is -1.37. The van der Waals surface area contributed by atoms with Crippen molar-refractivity contribution in [3.63, 3.8) is 0 Å². The highest BCUT2D eigenvalue weighted by molar-refractivity contribution is 4.98. The monoisotopic (exact) mass is 150 g/mol. The third-order valence-electron chi connectivity index (χ3n) is 1.45. The quantitative estimate of drug-likeness (QED) is 0.687. The average molecular weight is 150 g/mol. The summed E-state index contributed by atoms with van der Waals surface area (Å²) < 4.78 is 0. The third kappa shape index (κ3) is 1.77. The van der Waals surface area contributed by atoms with Crippen molar-refractivity contribution in [3.8, 4) is 6.07 Å². The fourth-order valence-corrected chi connectivity index (χ4v) is 0.809. The molecule has 0 aliphatic heterocycles. The Morgan fingerprint density at radius 2 is 2.45 bits per heavy atom. The number of rotatable bonds is 2. The number of H-pyrrole nitrogens is 1. The summed E-state index contributed by atoms with van der Waals surface area (Å²) >= 11 is 0. The Balaban J connectivity index is 2.70. The van der Waals surface area contributed by atoms with E-state index in [2.05, 4.69) is 21.3 Å². The number of aromatic nitrogens is 3. The Labute approximate surface area is 65.3 Å². The molecular weight excluding hydrogens is 140 g/mol. The van der Waals surface area contributed by atoms with E-state index in [0.29, 0.717) is 6.42 Å². The molecule has 4 heteroatoms. The molecule has 4 nitrogen and oxygen atoms in total. The average Bonchev–Trinajstić information content (AvgIpc) is 2.36. The maximum atomic E-state index is 8.39. The normalized spacial score (nSPS) is 12.5. The van der Waals surface area contributed by atoms with Crippen molar-refractivity contribution in [2.24, 2.45) is 0 Å². The van der Waals surface area contributed by atoms with E-state index < -0.39 is 0 Å². The molecule has 11 heavy (non-hydrogen) atoms. The van der Waals surface area contributed by atoms with E-state index >= 15 is 0 Å².